The number of hydrogen-bond acceptors (Lipinski definition) is 5. The van der Waals surface area contributed by atoms with E-state index in [-0.39, 0.29) is 12.5 Å². The van der Waals surface area contributed by atoms with Gasteiger partial charge in [-0.15, -0.1) is 6.42 Å². The van der Waals surface area contributed by atoms with Crippen LogP contribution in [0.4, 0.5) is 0 Å². The molecule has 0 aromatic heterocycles. The van der Waals surface area contributed by atoms with Crippen molar-refractivity contribution in [3.8, 4) is 29.6 Å². The quantitative estimate of drug-likeness (QED) is 0.393. The van der Waals surface area contributed by atoms with Crippen LogP contribution in [0.1, 0.15) is 29.3 Å². The average Bonchev–Trinajstić information content (AvgIpc) is 2.71. The Morgan fingerprint density at radius 1 is 1.29 bits per heavy atom. The van der Waals surface area contributed by atoms with Crippen molar-refractivity contribution in [2.24, 2.45) is 5.10 Å². The SMILES string of the molecule is C#CCOc1c(Cl)cc(/C=N/NC(=O)c2ccc(OCCC)cc2)cc1OC. The molecule has 2 aromatic rings. The Balaban J connectivity index is 2.02. The molecule has 0 heterocycles. The summed E-state index contributed by atoms with van der Waals surface area (Å²) in [7, 11) is 1.49. The standard InChI is InChI=1S/C21H21ClN2O4/c1-4-10-27-17-8-6-16(7-9-17)21(25)24-23-14-15-12-18(22)20(28-11-5-2)19(13-15)26-3/h2,6-9,12-14H,4,10-11H2,1,3H3,(H,24,25)/b23-14+. The van der Waals surface area contributed by atoms with Gasteiger partial charge in [-0.25, -0.2) is 5.43 Å². The molecule has 1 amide bonds. The fourth-order valence-corrected chi connectivity index (χ4v) is 2.49. The number of terminal acetylenes is 1. The summed E-state index contributed by atoms with van der Waals surface area (Å²) in [6.07, 6.45) is 7.57. The molecule has 0 spiro atoms. The first-order valence-electron chi connectivity index (χ1n) is 8.59. The predicted octanol–water partition coefficient (Wildman–Crippen LogP) is 3.91. The number of carbonyl (C=O) groups is 1. The van der Waals surface area contributed by atoms with E-state index in [2.05, 4.69) is 16.4 Å². The van der Waals surface area contributed by atoms with Gasteiger partial charge in [0.25, 0.3) is 5.91 Å². The van der Waals surface area contributed by atoms with Crippen LogP contribution in [0.25, 0.3) is 0 Å². The molecule has 0 saturated carbocycles. The van der Waals surface area contributed by atoms with Crippen LogP contribution in [0, 0.1) is 12.3 Å². The van der Waals surface area contributed by atoms with E-state index in [9.17, 15) is 4.79 Å². The molecule has 0 aliphatic carbocycles. The van der Waals surface area contributed by atoms with Crippen LogP contribution in [0.15, 0.2) is 41.5 Å². The summed E-state index contributed by atoms with van der Waals surface area (Å²) >= 11 is 6.20. The molecule has 0 aliphatic rings. The number of methoxy groups -OCH3 is 1. The maximum absolute atomic E-state index is 12.2. The number of halogens is 1. The number of nitrogens with zero attached hydrogens (tertiary/aromatic N) is 1. The van der Waals surface area contributed by atoms with E-state index in [1.807, 2.05) is 6.92 Å². The normalized spacial score (nSPS) is 10.4. The minimum absolute atomic E-state index is 0.0713. The number of rotatable bonds is 9. The van der Waals surface area contributed by atoms with Gasteiger partial charge in [-0.2, -0.15) is 5.10 Å². The smallest absolute Gasteiger partial charge is 0.271 e. The molecule has 0 fully saturated rings. The van der Waals surface area contributed by atoms with Crippen LogP contribution in [0.5, 0.6) is 17.2 Å². The van der Waals surface area contributed by atoms with E-state index in [0.29, 0.717) is 34.3 Å². The molecule has 6 nitrogen and oxygen atoms in total. The summed E-state index contributed by atoms with van der Waals surface area (Å²) < 4.78 is 16.1. The number of hydrogen-bond donors (Lipinski definition) is 1. The Morgan fingerprint density at radius 2 is 2.04 bits per heavy atom. The second-order valence-electron chi connectivity index (χ2n) is 5.60. The van der Waals surface area contributed by atoms with Gasteiger partial charge >= 0.3 is 0 Å². The van der Waals surface area contributed by atoms with Crippen molar-refractivity contribution in [1.29, 1.82) is 0 Å². The maximum Gasteiger partial charge on any atom is 0.271 e. The van der Waals surface area contributed by atoms with E-state index in [1.54, 1.807) is 36.4 Å². The lowest BCUT2D eigenvalue weighted by atomic mass is 10.2. The van der Waals surface area contributed by atoms with Crippen LogP contribution in [-0.2, 0) is 0 Å². The predicted molar refractivity (Wildman–Crippen MR) is 110 cm³/mol. The highest BCUT2D eigenvalue weighted by Crippen LogP contribution is 2.35. The molecular weight excluding hydrogens is 380 g/mol. The highest BCUT2D eigenvalue weighted by atomic mass is 35.5. The van der Waals surface area contributed by atoms with Crippen LogP contribution < -0.4 is 19.6 Å². The number of hydrazone groups is 1. The molecule has 7 heteroatoms. The van der Waals surface area contributed by atoms with Crippen molar-refractivity contribution in [3.05, 3.63) is 52.5 Å². The lowest BCUT2D eigenvalue weighted by molar-refractivity contribution is 0.0955. The third-order valence-electron chi connectivity index (χ3n) is 3.52. The van der Waals surface area contributed by atoms with Gasteiger partial charge in [-0.3, -0.25) is 4.79 Å². The summed E-state index contributed by atoms with van der Waals surface area (Å²) in [6, 6.07) is 10.1. The first-order valence-corrected chi connectivity index (χ1v) is 8.96. The molecular formula is C21H21ClN2O4. The van der Waals surface area contributed by atoms with Gasteiger partial charge in [0.1, 0.15) is 12.4 Å². The molecule has 0 atom stereocenters. The zero-order valence-corrected chi connectivity index (χ0v) is 16.5. The average molecular weight is 401 g/mol. The van der Waals surface area contributed by atoms with Crippen molar-refractivity contribution in [1.82, 2.24) is 5.43 Å². The van der Waals surface area contributed by atoms with E-state index < -0.39 is 0 Å². The van der Waals surface area contributed by atoms with Gasteiger partial charge in [0.15, 0.2) is 11.5 Å². The molecule has 2 rings (SSSR count). The number of nitrogens with one attached hydrogen (secondary N) is 1. The number of benzene rings is 2. The van der Waals surface area contributed by atoms with E-state index in [0.717, 1.165) is 12.2 Å². The van der Waals surface area contributed by atoms with Gasteiger partial charge in [-0.1, -0.05) is 24.4 Å². The van der Waals surface area contributed by atoms with Gasteiger partial charge in [-0.05, 0) is 48.4 Å². The Labute approximate surface area is 169 Å². The van der Waals surface area contributed by atoms with Crippen molar-refractivity contribution in [2.75, 3.05) is 20.3 Å². The Hall–Kier alpha value is -3.17. The molecule has 0 aliphatic heterocycles. The molecule has 146 valence electrons. The summed E-state index contributed by atoms with van der Waals surface area (Å²) in [5.41, 5.74) is 3.55. The summed E-state index contributed by atoms with van der Waals surface area (Å²) in [5, 5.41) is 4.28. The molecule has 1 N–H and O–H groups in total. The van der Waals surface area contributed by atoms with Crippen LogP contribution >= 0.6 is 11.6 Å². The fourth-order valence-electron chi connectivity index (χ4n) is 2.22. The van der Waals surface area contributed by atoms with E-state index >= 15 is 0 Å². The zero-order valence-electron chi connectivity index (χ0n) is 15.7. The van der Waals surface area contributed by atoms with Crippen LogP contribution in [0.2, 0.25) is 5.02 Å². The monoisotopic (exact) mass is 400 g/mol. The Morgan fingerprint density at radius 3 is 2.68 bits per heavy atom. The molecule has 0 unspecified atom stereocenters. The summed E-state index contributed by atoms with van der Waals surface area (Å²) in [6.45, 7) is 2.73. The zero-order chi connectivity index (χ0) is 20.4. The van der Waals surface area contributed by atoms with Crippen LogP contribution in [0.3, 0.4) is 0 Å². The van der Waals surface area contributed by atoms with Gasteiger partial charge < -0.3 is 14.2 Å². The third-order valence-corrected chi connectivity index (χ3v) is 3.80. The lowest BCUT2D eigenvalue weighted by Crippen LogP contribution is -2.17. The maximum atomic E-state index is 12.2. The molecule has 28 heavy (non-hydrogen) atoms. The highest BCUT2D eigenvalue weighted by molar-refractivity contribution is 6.32. The van der Waals surface area contributed by atoms with Crippen LogP contribution in [-0.4, -0.2) is 32.4 Å². The van der Waals surface area contributed by atoms with Crippen molar-refractivity contribution in [2.45, 2.75) is 13.3 Å². The topological polar surface area (TPSA) is 69.2 Å². The molecule has 2 aromatic carbocycles. The number of amides is 1. The highest BCUT2D eigenvalue weighted by Gasteiger charge is 2.11. The Bertz CT molecular complexity index is 873. The third kappa shape index (κ3) is 5.93. The first kappa shape index (κ1) is 21.1. The lowest BCUT2D eigenvalue weighted by Gasteiger charge is -2.11. The molecule has 0 saturated heterocycles. The first-order chi connectivity index (χ1) is 13.6. The minimum Gasteiger partial charge on any atom is -0.494 e. The van der Waals surface area contributed by atoms with E-state index in [1.165, 1.54) is 13.3 Å². The van der Waals surface area contributed by atoms with E-state index in [4.69, 9.17) is 32.2 Å². The summed E-state index contributed by atoms with van der Waals surface area (Å²) in [5.74, 6) is 3.51. The van der Waals surface area contributed by atoms with Gasteiger partial charge in [0.05, 0.1) is 25.0 Å². The fraction of sp³-hybridized carbons (Fsp3) is 0.238. The second kappa shape index (κ2) is 10.9. The van der Waals surface area contributed by atoms with Crippen molar-refractivity contribution < 1.29 is 19.0 Å². The Kier molecular flexibility index (Phi) is 8.19. The van der Waals surface area contributed by atoms with Crippen molar-refractivity contribution in [3.63, 3.8) is 0 Å². The minimum atomic E-state index is -0.342. The van der Waals surface area contributed by atoms with Gasteiger partial charge in [0, 0.05) is 5.56 Å². The number of ether oxygens (including phenoxy) is 3. The molecule has 0 bridgehead atoms. The summed E-state index contributed by atoms with van der Waals surface area (Å²) in [4.78, 5) is 12.2. The largest absolute Gasteiger partial charge is 0.494 e. The van der Waals surface area contributed by atoms with Crippen molar-refractivity contribution >= 4 is 23.7 Å². The molecule has 0 radical (unpaired) electrons. The second-order valence-corrected chi connectivity index (χ2v) is 6.01. The number of carbonyl (C=O) groups excluding carboxylic acids is 1. The van der Waals surface area contributed by atoms with Gasteiger partial charge in [0.2, 0.25) is 0 Å².